The maximum Gasteiger partial charge on any atom is 0.0701 e. The normalized spacial score (nSPS) is 24.2. The summed E-state index contributed by atoms with van der Waals surface area (Å²) >= 11 is 5.34. The number of thiophene rings is 1. The molecule has 0 spiro atoms. The van der Waals surface area contributed by atoms with Crippen molar-refractivity contribution in [3.63, 3.8) is 0 Å². The van der Waals surface area contributed by atoms with Crippen molar-refractivity contribution in [2.75, 3.05) is 6.54 Å². The lowest BCUT2D eigenvalue weighted by Crippen LogP contribution is -2.25. The van der Waals surface area contributed by atoms with Crippen molar-refractivity contribution in [2.45, 2.75) is 25.3 Å². The van der Waals surface area contributed by atoms with E-state index >= 15 is 0 Å². The minimum Gasteiger partial charge on any atom is -0.309 e. The molecule has 0 unspecified atom stereocenters. The van der Waals surface area contributed by atoms with Gasteiger partial charge in [-0.25, -0.2) is 0 Å². The molecule has 0 saturated carbocycles. The zero-order valence-electron chi connectivity index (χ0n) is 6.85. The van der Waals surface area contributed by atoms with Crippen molar-refractivity contribution < 1.29 is 0 Å². The Bertz CT molecular complexity index is 253. The molecule has 1 N–H and O–H groups in total. The van der Waals surface area contributed by atoms with Crippen LogP contribution >= 0.6 is 27.3 Å². The molecule has 0 aromatic carbocycles. The maximum atomic E-state index is 3.54. The molecule has 1 nitrogen and oxygen atoms in total. The lowest BCUT2D eigenvalue weighted by molar-refractivity contribution is 0.417. The summed E-state index contributed by atoms with van der Waals surface area (Å²) in [4.78, 5) is 1.47. The van der Waals surface area contributed by atoms with Crippen LogP contribution in [-0.4, -0.2) is 6.54 Å². The summed E-state index contributed by atoms with van der Waals surface area (Å²) in [6, 6.07) is 4.98. The first-order valence-corrected chi connectivity index (χ1v) is 5.96. The predicted octanol–water partition coefficient (Wildman–Crippen LogP) is 3.33. The van der Waals surface area contributed by atoms with E-state index in [1.54, 1.807) is 0 Å². The van der Waals surface area contributed by atoms with Crippen molar-refractivity contribution in [3.05, 3.63) is 20.8 Å². The van der Waals surface area contributed by atoms with Gasteiger partial charge in [-0.15, -0.1) is 11.3 Å². The van der Waals surface area contributed by atoms with Gasteiger partial charge < -0.3 is 5.32 Å². The predicted molar refractivity (Wildman–Crippen MR) is 56.6 cm³/mol. The van der Waals surface area contributed by atoms with Gasteiger partial charge in [0.25, 0.3) is 0 Å². The van der Waals surface area contributed by atoms with Gasteiger partial charge in [-0.3, -0.25) is 0 Å². The van der Waals surface area contributed by atoms with Gasteiger partial charge in [0.2, 0.25) is 0 Å². The van der Waals surface area contributed by atoms with E-state index < -0.39 is 0 Å². The standard InChI is InChI=1S/C9H12BrNS/c10-9-5-4-8(12-9)7-3-1-2-6-11-7/h4-5,7,11H,1-3,6H2/t7-/m0/s1. The lowest BCUT2D eigenvalue weighted by atomic mass is 10.0. The number of rotatable bonds is 1. The molecule has 3 heteroatoms. The Hall–Kier alpha value is 0.140. The summed E-state index contributed by atoms with van der Waals surface area (Å²) in [5.74, 6) is 0. The molecule has 1 aliphatic rings. The third kappa shape index (κ3) is 1.90. The molecule has 1 aromatic rings. The van der Waals surface area contributed by atoms with Gasteiger partial charge in [0, 0.05) is 10.9 Å². The van der Waals surface area contributed by atoms with E-state index in [-0.39, 0.29) is 0 Å². The van der Waals surface area contributed by atoms with E-state index in [9.17, 15) is 0 Å². The fourth-order valence-electron chi connectivity index (χ4n) is 1.61. The second kappa shape index (κ2) is 3.90. The molecule has 1 saturated heterocycles. The van der Waals surface area contributed by atoms with Crippen LogP contribution in [0.3, 0.4) is 0 Å². The van der Waals surface area contributed by atoms with Gasteiger partial charge in [0.15, 0.2) is 0 Å². The van der Waals surface area contributed by atoms with Gasteiger partial charge >= 0.3 is 0 Å². The van der Waals surface area contributed by atoms with Crippen LogP contribution in [0, 0.1) is 0 Å². The first kappa shape index (κ1) is 8.73. The van der Waals surface area contributed by atoms with Crippen LogP contribution < -0.4 is 5.32 Å². The lowest BCUT2D eigenvalue weighted by Gasteiger charge is -2.21. The zero-order chi connectivity index (χ0) is 8.39. The van der Waals surface area contributed by atoms with Gasteiger partial charge in [-0.2, -0.15) is 0 Å². The molecular formula is C9H12BrNS. The molecule has 2 rings (SSSR count). The largest absolute Gasteiger partial charge is 0.309 e. The Morgan fingerprint density at radius 3 is 2.92 bits per heavy atom. The highest BCUT2D eigenvalue weighted by atomic mass is 79.9. The minimum atomic E-state index is 0.620. The number of halogens is 1. The van der Waals surface area contributed by atoms with E-state index in [2.05, 4.69) is 33.4 Å². The van der Waals surface area contributed by atoms with Gasteiger partial charge in [-0.1, -0.05) is 6.42 Å². The van der Waals surface area contributed by atoms with Crippen LogP contribution in [-0.2, 0) is 0 Å². The van der Waals surface area contributed by atoms with E-state index in [1.165, 1.54) is 34.5 Å². The molecule has 0 radical (unpaired) electrons. The first-order chi connectivity index (χ1) is 5.86. The molecule has 1 atom stereocenters. The fraction of sp³-hybridized carbons (Fsp3) is 0.556. The highest BCUT2D eigenvalue weighted by Crippen LogP contribution is 2.31. The zero-order valence-corrected chi connectivity index (χ0v) is 9.25. The summed E-state index contributed by atoms with van der Waals surface area (Å²) in [6.07, 6.45) is 4.00. The summed E-state index contributed by atoms with van der Waals surface area (Å²) in [6.45, 7) is 1.18. The van der Waals surface area contributed by atoms with Gasteiger partial charge in [0.05, 0.1) is 3.79 Å². The number of piperidine rings is 1. The topological polar surface area (TPSA) is 12.0 Å². The molecule has 0 bridgehead atoms. The Morgan fingerprint density at radius 1 is 1.42 bits per heavy atom. The Morgan fingerprint density at radius 2 is 2.33 bits per heavy atom. The van der Waals surface area contributed by atoms with Crippen molar-refractivity contribution in [3.8, 4) is 0 Å². The quantitative estimate of drug-likeness (QED) is 0.801. The number of nitrogens with one attached hydrogen (secondary N) is 1. The second-order valence-electron chi connectivity index (χ2n) is 3.14. The molecule has 2 heterocycles. The third-order valence-corrected chi connectivity index (χ3v) is 3.99. The van der Waals surface area contributed by atoms with Crippen LogP contribution in [0.5, 0.6) is 0 Å². The summed E-state index contributed by atoms with van der Waals surface area (Å²) in [5, 5.41) is 3.54. The summed E-state index contributed by atoms with van der Waals surface area (Å²) in [5.41, 5.74) is 0. The molecule has 12 heavy (non-hydrogen) atoms. The maximum absolute atomic E-state index is 3.54. The molecule has 0 amide bonds. The van der Waals surface area contributed by atoms with Crippen LogP contribution in [0.4, 0.5) is 0 Å². The van der Waals surface area contributed by atoms with Crippen LogP contribution in [0.15, 0.2) is 15.9 Å². The van der Waals surface area contributed by atoms with Crippen LogP contribution in [0.1, 0.15) is 30.2 Å². The van der Waals surface area contributed by atoms with Crippen molar-refractivity contribution >= 4 is 27.3 Å². The smallest absolute Gasteiger partial charge is 0.0701 e. The first-order valence-electron chi connectivity index (χ1n) is 4.35. The SMILES string of the molecule is Brc1ccc([C@@H]2CCCCN2)s1. The molecule has 1 aromatic heterocycles. The average molecular weight is 246 g/mol. The van der Waals surface area contributed by atoms with Gasteiger partial charge in [0.1, 0.15) is 0 Å². The molecule has 1 fully saturated rings. The molecule has 1 aliphatic heterocycles. The third-order valence-electron chi connectivity index (χ3n) is 2.25. The highest BCUT2D eigenvalue weighted by molar-refractivity contribution is 9.11. The van der Waals surface area contributed by atoms with E-state index in [4.69, 9.17) is 0 Å². The Balaban J connectivity index is 2.08. The Kier molecular flexibility index (Phi) is 2.84. The summed E-state index contributed by atoms with van der Waals surface area (Å²) < 4.78 is 1.24. The second-order valence-corrected chi connectivity index (χ2v) is 5.64. The molecule has 0 aliphatic carbocycles. The minimum absolute atomic E-state index is 0.620. The van der Waals surface area contributed by atoms with Crippen molar-refractivity contribution in [2.24, 2.45) is 0 Å². The van der Waals surface area contributed by atoms with E-state index in [0.717, 1.165) is 0 Å². The number of hydrogen-bond acceptors (Lipinski definition) is 2. The summed E-state index contributed by atoms with van der Waals surface area (Å²) in [7, 11) is 0. The van der Waals surface area contributed by atoms with Crippen LogP contribution in [0.25, 0.3) is 0 Å². The van der Waals surface area contributed by atoms with Crippen molar-refractivity contribution in [1.82, 2.24) is 5.32 Å². The Labute approximate surface area is 85.3 Å². The van der Waals surface area contributed by atoms with Gasteiger partial charge in [-0.05, 0) is 47.4 Å². The van der Waals surface area contributed by atoms with E-state index in [1.807, 2.05) is 11.3 Å². The van der Waals surface area contributed by atoms with E-state index in [0.29, 0.717) is 6.04 Å². The monoisotopic (exact) mass is 245 g/mol. The fourth-order valence-corrected chi connectivity index (χ4v) is 3.14. The van der Waals surface area contributed by atoms with Crippen molar-refractivity contribution in [1.29, 1.82) is 0 Å². The molecular weight excluding hydrogens is 234 g/mol. The average Bonchev–Trinajstić information content (AvgIpc) is 2.54. The van der Waals surface area contributed by atoms with Crippen LogP contribution in [0.2, 0.25) is 0 Å². The highest BCUT2D eigenvalue weighted by Gasteiger charge is 2.15. The number of hydrogen-bond donors (Lipinski definition) is 1. The molecule has 66 valence electrons.